The first-order valence-electron chi connectivity index (χ1n) is 5.92. The summed E-state index contributed by atoms with van der Waals surface area (Å²) in [5.74, 6) is 0. The molecule has 0 saturated heterocycles. The van der Waals surface area contributed by atoms with E-state index in [4.69, 9.17) is 5.11 Å². The van der Waals surface area contributed by atoms with Gasteiger partial charge in [-0.2, -0.15) is 0 Å². The van der Waals surface area contributed by atoms with E-state index in [1.165, 1.54) is 25.3 Å². The largest absolute Gasteiger partial charge is 0.396 e. The molecule has 0 amide bonds. The van der Waals surface area contributed by atoms with Gasteiger partial charge in [0.2, 0.25) is 0 Å². The minimum atomic E-state index is -1.03. The van der Waals surface area contributed by atoms with E-state index in [1.807, 2.05) is 0 Å². The topological polar surface area (TPSA) is 20.2 Å². The number of aliphatic hydroxyl groups excluding tert-OH is 1. The Bertz CT molecular complexity index is 147. The quantitative estimate of drug-likeness (QED) is 0.524. The summed E-state index contributed by atoms with van der Waals surface area (Å²) >= 11 is 0. The Balaban J connectivity index is 3.67. The van der Waals surface area contributed by atoms with Gasteiger partial charge in [0.1, 0.15) is 0 Å². The van der Waals surface area contributed by atoms with Crippen molar-refractivity contribution >= 4 is 8.07 Å². The summed E-state index contributed by atoms with van der Waals surface area (Å²) in [5.41, 5.74) is 0. The monoisotopic (exact) mass is 216 g/mol. The Morgan fingerprint density at radius 2 is 1.43 bits per heavy atom. The highest BCUT2D eigenvalue weighted by atomic mass is 28.3. The van der Waals surface area contributed by atoms with Crippen LogP contribution in [0.3, 0.4) is 0 Å². The molecule has 0 bridgehead atoms. The molecule has 0 aliphatic carbocycles. The van der Waals surface area contributed by atoms with Crippen LogP contribution in [0.25, 0.3) is 0 Å². The average molecular weight is 216 g/mol. The van der Waals surface area contributed by atoms with Crippen LogP contribution in [0.4, 0.5) is 0 Å². The Labute approximate surface area is 90.9 Å². The van der Waals surface area contributed by atoms with Crippen molar-refractivity contribution in [2.75, 3.05) is 6.61 Å². The van der Waals surface area contributed by atoms with Crippen molar-refractivity contribution in [2.24, 2.45) is 0 Å². The number of hydrogen-bond acceptors (Lipinski definition) is 1. The lowest BCUT2D eigenvalue weighted by Gasteiger charge is -2.37. The Kier molecular flexibility index (Phi) is 5.99. The fraction of sp³-hybridized carbons (Fsp3) is 1.00. The Hall–Kier alpha value is 0.177. The number of hydrogen-bond donors (Lipinski definition) is 1. The van der Waals surface area contributed by atoms with E-state index in [9.17, 15) is 0 Å². The van der Waals surface area contributed by atoms with Crippen molar-refractivity contribution in [1.82, 2.24) is 0 Å². The molecule has 0 aromatic heterocycles. The minimum Gasteiger partial charge on any atom is -0.396 e. The summed E-state index contributed by atoms with van der Waals surface area (Å²) in [6.07, 6.45) is 4.84. The molecule has 1 nitrogen and oxygen atoms in total. The van der Waals surface area contributed by atoms with Crippen molar-refractivity contribution in [2.45, 2.75) is 70.6 Å². The predicted molar refractivity (Wildman–Crippen MR) is 67.6 cm³/mol. The first-order valence-corrected chi connectivity index (χ1v) is 9.13. The van der Waals surface area contributed by atoms with Crippen LogP contribution in [-0.2, 0) is 0 Å². The van der Waals surface area contributed by atoms with Crippen molar-refractivity contribution in [3.63, 3.8) is 0 Å². The average Bonchev–Trinajstić information content (AvgIpc) is 2.02. The van der Waals surface area contributed by atoms with Gasteiger partial charge in [-0.15, -0.1) is 0 Å². The van der Waals surface area contributed by atoms with Gasteiger partial charge in [-0.25, -0.2) is 0 Å². The van der Waals surface area contributed by atoms with E-state index in [2.05, 4.69) is 33.9 Å². The normalized spacial score (nSPS) is 13.3. The van der Waals surface area contributed by atoms with Crippen LogP contribution in [0, 0.1) is 0 Å². The summed E-state index contributed by atoms with van der Waals surface area (Å²) in [4.78, 5) is 0. The van der Waals surface area contributed by atoms with Crippen molar-refractivity contribution in [3.8, 4) is 0 Å². The summed E-state index contributed by atoms with van der Waals surface area (Å²) in [7, 11) is -1.03. The SMILES string of the molecule is CC(C)(C)[Si](C)(C)CCCCCCO. The lowest BCUT2D eigenvalue weighted by atomic mass is 10.2. The molecule has 0 aliphatic rings. The number of rotatable bonds is 6. The second-order valence-electron chi connectivity index (χ2n) is 6.02. The van der Waals surface area contributed by atoms with E-state index in [-0.39, 0.29) is 0 Å². The summed E-state index contributed by atoms with van der Waals surface area (Å²) in [6, 6.07) is 1.43. The summed E-state index contributed by atoms with van der Waals surface area (Å²) < 4.78 is 0. The fourth-order valence-corrected chi connectivity index (χ4v) is 3.29. The molecule has 0 aliphatic heterocycles. The fourth-order valence-electron chi connectivity index (χ4n) is 1.41. The van der Waals surface area contributed by atoms with Gasteiger partial charge in [0.05, 0.1) is 8.07 Å². The number of unbranched alkanes of at least 4 members (excludes halogenated alkanes) is 3. The zero-order chi connectivity index (χ0) is 11.2. The van der Waals surface area contributed by atoms with E-state index >= 15 is 0 Å². The van der Waals surface area contributed by atoms with Crippen molar-refractivity contribution < 1.29 is 5.11 Å². The maximum absolute atomic E-state index is 8.66. The smallest absolute Gasteiger partial charge is 0.0527 e. The third-order valence-electron chi connectivity index (χ3n) is 3.74. The molecule has 14 heavy (non-hydrogen) atoms. The van der Waals surface area contributed by atoms with Crippen LogP contribution in [0.5, 0.6) is 0 Å². The number of aliphatic hydroxyl groups is 1. The van der Waals surface area contributed by atoms with Crippen LogP contribution >= 0.6 is 0 Å². The molecule has 0 radical (unpaired) electrons. The molecule has 0 unspecified atom stereocenters. The first-order chi connectivity index (χ1) is 6.31. The Morgan fingerprint density at radius 3 is 1.86 bits per heavy atom. The van der Waals surface area contributed by atoms with Crippen LogP contribution < -0.4 is 0 Å². The Morgan fingerprint density at radius 1 is 0.929 bits per heavy atom. The van der Waals surface area contributed by atoms with Gasteiger partial charge >= 0.3 is 0 Å². The van der Waals surface area contributed by atoms with Crippen LogP contribution in [0.2, 0.25) is 24.2 Å². The highest BCUT2D eigenvalue weighted by molar-refractivity contribution is 6.80. The molecule has 0 heterocycles. The molecule has 86 valence electrons. The molecule has 1 N–H and O–H groups in total. The van der Waals surface area contributed by atoms with Crippen LogP contribution in [0.1, 0.15) is 46.5 Å². The zero-order valence-corrected chi connectivity index (χ0v) is 11.7. The highest BCUT2D eigenvalue weighted by Crippen LogP contribution is 2.39. The summed E-state index contributed by atoms with van der Waals surface area (Å²) in [6.45, 7) is 12.5. The van der Waals surface area contributed by atoms with Gasteiger partial charge in [0.15, 0.2) is 0 Å². The molecule has 0 spiro atoms. The summed E-state index contributed by atoms with van der Waals surface area (Å²) in [5, 5.41) is 9.20. The second-order valence-corrected chi connectivity index (χ2v) is 11.8. The molecule has 0 aromatic carbocycles. The zero-order valence-electron chi connectivity index (χ0n) is 10.7. The molecule has 2 heteroatoms. The van der Waals surface area contributed by atoms with Crippen LogP contribution in [-0.4, -0.2) is 19.8 Å². The molecule has 0 saturated carbocycles. The molecular weight excluding hydrogens is 188 g/mol. The lowest BCUT2D eigenvalue weighted by Crippen LogP contribution is -2.36. The van der Waals surface area contributed by atoms with Gasteiger partial charge in [0, 0.05) is 6.61 Å². The van der Waals surface area contributed by atoms with Gasteiger partial charge in [-0.05, 0) is 11.5 Å². The van der Waals surface area contributed by atoms with E-state index in [0.29, 0.717) is 11.6 Å². The van der Waals surface area contributed by atoms with Gasteiger partial charge in [-0.3, -0.25) is 0 Å². The molecule has 0 rings (SSSR count). The maximum atomic E-state index is 8.66. The lowest BCUT2D eigenvalue weighted by molar-refractivity contribution is 0.283. The van der Waals surface area contributed by atoms with Gasteiger partial charge < -0.3 is 5.11 Å². The molecule has 0 aromatic rings. The van der Waals surface area contributed by atoms with Crippen LogP contribution in [0.15, 0.2) is 0 Å². The van der Waals surface area contributed by atoms with Crippen molar-refractivity contribution in [3.05, 3.63) is 0 Å². The van der Waals surface area contributed by atoms with Gasteiger partial charge in [-0.1, -0.05) is 59.2 Å². The second kappa shape index (κ2) is 5.91. The molecule has 0 atom stereocenters. The third kappa shape index (κ3) is 5.16. The standard InChI is InChI=1S/C12H28OSi/c1-12(2,3)14(4,5)11-9-7-6-8-10-13/h13H,6-11H2,1-5H3. The highest BCUT2D eigenvalue weighted by Gasteiger charge is 2.33. The maximum Gasteiger partial charge on any atom is 0.0527 e. The van der Waals surface area contributed by atoms with E-state index in [1.54, 1.807) is 0 Å². The van der Waals surface area contributed by atoms with Gasteiger partial charge in [0.25, 0.3) is 0 Å². The minimum absolute atomic E-state index is 0.361. The first kappa shape index (κ1) is 14.2. The predicted octanol–water partition coefficient (Wildman–Crippen LogP) is 4.05. The van der Waals surface area contributed by atoms with E-state index in [0.717, 1.165) is 6.42 Å². The molecular formula is C12H28OSi. The third-order valence-corrected chi connectivity index (χ3v) is 9.40. The molecule has 0 fully saturated rings. The van der Waals surface area contributed by atoms with E-state index < -0.39 is 8.07 Å². The van der Waals surface area contributed by atoms with Crippen molar-refractivity contribution in [1.29, 1.82) is 0 Å².